The number of hydrogen-bond donors (Lipinski definition) is 1. The van der Waals surface area contributed by atoms with Crippen molar-refractivity contribution in [3.8, 4) is 0 Å². The molecule has 0 amide bonds. The van der Waals surface area contributed by atoms with E-state index >= 15 is 0 Å². The van der Waals surface area contributed by atoms with E-state index in [0.29, 0.717) is 5.92 Å². The van der Waals surface area contributed by atoms with E-state index in [2.05, 4.69) is 31.5 Å². The second-order valence-corrected chi connectivity index (χ2v) is 3.55. The van der Waals surface area contributed by atoms with E-state index in [4.69, 9.17) is 0 Å². The summed E-state index contributed by atoms with van der Waals surface area (Å²) in [7, 11) is 1.97. The van der Waals surface area contributed by atoms with Crippen LogP contribution < -0.4 is 5.32 Å². The molecule has 1 atom stereocenters. The maximum Gasteiger partial charge on any atom is -0.00462 e. The molecule has 0 saturated heterocycles. The lowest BCUT2D eigenvalue weighted by atomic mass is 9.98. The molecule has 0 aliphatic rings. The van der Waals surface area contributed by atoms with Crippen molar-refractivity contribution in [3.05, 3.63) is 36.5 Å². The lowest BCUT2D eigenvalue weighted by Gasteiger charge is -2.10. The second kappa shape index (κ2) is 6.67. The third-order valence-electron chi connectivity index (χ3n) is 2.04. The normalized spacial score (nSPS) is 13.2. The van der Waals surface area contributed by atoms with Gasteiger partial charge >= 0.3 is 0 Å². The van der Waals surface area contributed by atoms with E-state index in [9.17, 15) is 0 Å². The van der Waals surface area contributed by atoms with Gasteiger partial charge in [-0.2, -0.15) is 0 Å². The Morgan fingerprint density at radius 3 is 2.46 bits per heavy atom. The van der Waals surface area contributed by atoms with Gasteiger partial charge in [-0.05, 0) is 32.9 Å². The van der Waals surface area contributed by atoms with Gasteiger partial charge in [0.2, 0.25) is 0 Å². The Bertz CT molecular complexity index is 201. The lowest BCUT2D eigenvalue weighted by molar-refractivity contribution is 0.595. The maximum absolute atomic E-state index is 4.02. The van der Waals surface area contributed by atoms with Gasteiger partial charge in [0.15, 0.2) is 0 Å². The van der Waals surface area contributed by atoms with Crippen LogP contribution in [0.15, 0.2) is 36.5 Å². The van der Waals surface area contributed by atoms with Crippen LogP contribution in [0.25, 0.3) is 0 Å². The highest BCUT2D eigenvalue weighted by atomic mass is 14.8. The van der Waals surface area contributed by atoms with Gasteiger partial charge < -0.3 is 5.32 Å². The van der Waals surface area contributed by atoms with Crippen LogP contribution in [-0.2, 0) is 0 Å². The fraction of sp³-hybridized carbons (Fsp3) is 0.500. The number of allylic oxidation sites excluding steroid dienone is 4. The van der Waals surface area contributed by atoms with E-state index in [-0.39, 0.29) is 0 Å². The molecule has 0 radical (unpaired) electrons. The minimum atomic E-state index is 0.544. The first-order chi connectivity index (χ1) is 6.07. The topological polar surface area (TPSA) is 12.0 Å². The van der Waals surface area contributed by atoms with Crippen LogP contribution in [0.4, 0.5) is 0 Å². The number of nitrogens with one attached hydrogen (secondary N) is 1. The van der Waals surface area contributed by atoms with Gasteiger partial charge in [0, 0.05) is 0 Å². The molecule has 0 aromatic carbocycles. The van der Waals surface area contributed by atoms with Crippen LogP contribution >= 0.6 is 0 Å². The van der Waals surface area contributed by atoms with Gasteiger partial charge in [-0.25, -0.2) is 0 Å². The quantitative estimate of drug-likeness (QED) is 0.618. The van der Waals surface area contributed by atoms with Crippen molar-refractivity contribution in [1.29, 1.82) is 0 Å². The summed E-state index contributed by atoms with van der Waals surface area (Å²) < 4.78 is 0. The fourth-order valence-corrected chi connectivity index (χ4v) is 0.960. The summed E-state index contributed by atoms with van der Waals surface area (Å²) in [6, 6.07) is 0. The van der Waals surface area contributed by atoms with Gasteiger partial charge in [0.25, 0.3) is 0 Å². The molecule has 1 nitrogen and oxygen atoms in total. The summed E-state index contributed by atoms with van der Waals surface area (Å²) >= 11 is 0. The van der Waals surface area contributed by atoms with E-state index < -0.39 is 0 Å². The highest BCUT2D eigenvalue weighted by Crippen LogP contribution is 2.13. The van der Waals surface area contributed by atoms with E-state index in [1.54, 1.807) is 0 Å². The molecule has 0 aliphatic heterocycles. The molecule has 1 unspecified atom stereocenters. The van der Waals surface area contributed by atoms with Crippen molar-refractivity contribution in [2.75, 3.05) is 13.6 Å². The highest BCUT2D eigenvalue weighted by molar-refractivity contribution is 5.24. The summed E-state index contributed by atoms with van der Waals surface area (Å²) in [4.78, 5) is 0. The van der Waals surface area contributed by atoms with Crippen molar-refractivity contribution in [3.63, 3.8) is 0 Å². The van der Waals surface area contributed by atoms with E-state index in [1.165, 1.54) is 5.57 Å². The summed E-state index contributed by atoms with van der Waals surface area (Å²) in [5, 5.41) is 3.14. The van der Waals surface area contributed by atoms with Gasteiger partial charge in [0.1, 0.15) is 0 Å². The molecule has 1 heteroatoms. The molecule has 0 aromatic heterocycles. The average molecular weight is 179 g/mol. The minimum absolute atomic E-state index is 0.544. The smallest absolute Gasteiger partial charge is 0.00462 e. The third-order valence-corrected chi connectivity index (χ3v) is 2.04. The zero-order valence-electron chi connectivity index (χ0n) is 9.06. The SMILES string of the molecule is C=C(C)/C=C\C(=C)C(C)CCNC. The summed E-state index contributed by atoms with van der Waals surface area (Å²) in [6.45, 7) is 13.1. The zero-order valence-corrected chi connectivity index (χ0v) is 9.06. The Labute approximate surface area is 82.2 Å². The Morgan fingerprint density at radius 1 is 1.38 bits per heavy atom. The van der Waals surface area contributed by atoms with Crippen molar-refractivity contribution in [2.24, 2.45) is 5.92 Å². The molecule has 13 heavy (non-hydrogen) atoms. The zero-order chi connectivity index (χ0) is 10.3. The van der Waals surface area contributed by atoms with Crippen molar-refractivity contribution >= 4 is 0 Å². The monoisotopic (exact) mass is 179 g/mol. The molecule has 1 N–H and O–H groups in total. The molecule has 0 fully saturated rings. The Kier molecular flexibility index (Phi) is 6.25. The summed E-state index contributed by atoms with van der Waals surface area (Å²) in [5.74, 6) is 0.544. The first-order valence-corrected chi connectivity index (χ1v) is 4.75. The predicted molar refractivity (Wildman–Crippen MR) is 60.8 cm³/mol. The first kappa shape index (κ1) is 12.2. The van der Waals surface area contributed by atoms with E-state index in [1.807, 2.05) is 20.0 Å². The van der Waals surface area contributed by atoms with Gasteiger partial charge in [-0.15, -0.1) is 0 Å². The molecule has 0 heterocycles. The van der Waals surface area contributed by atoms with Crippen molar-refractivity contribution in [2.45, 2.75) is 20.3 Å². The molecule has 0 rings (SSSR count). The summed E-state index contributed by atoms with van der Waals surface area (Å²) in [5.41, 5.74) is 2.25. The van der Waals surface area contributed by atoms with Crippen molar-refractivity contribution in [1.82, 2.24) is 5.32 Å². The molecular formula is C12H21N. The van der Waals surface area contributed by atoms with Crippen LogP contribution in [0.3, 0.4) is 0 Å². The van der Waals surface area contributed by atoms with Gasteiger partial charge in [-0.1, -0.05) is 43.4 Å². The van der Waals surface area contributed by atoms with Crippen LogP contribution in [-0.4, -0.2) is 13.6 Å². The first-order valence-electron chi connectivity index (χ1n) is 4.75. The predicted octanol–water partition coefficient (Wildman–Crippen LogP) is 2.92. The van der Waals surface area contributed by atoms with Crippen LogP contribution in [0.5, 0.6) is 0 Å². The standard InChI is InChI=1S/C12H21N/c1-10(2)6-7-11(3)12(4)8-9-13-5/h6-7,12-13H,1,3,8-9H2,2,4-5H3/b7-6-. The molecular weight excluding hydrogens is 158 g/mol. The van der Waals surface area contributed by atoms with Crippen molar-refractivity contribution < 1.29 is 0 Å². The molecule has 74 valence electrons. The molecule has 0 aromatic rings. The molecule has 0 saturated carbocycles. The minimum Gasteiger partial charge on any atom is -0.320 e. The third kappa shape index (κ3) is 6.35. The molecule has 0 aliphatic carbocycles. The number of rotatable bonds is 6. The second-order valence-electron chi connectivity index (χ2n) is 3.55. The molecule has 0 spiro atoms. The van der Waals surface area contributed by atoms with Crippen LogP contribution in [0, 0.1) is 5.92 Å². The van der Waals surface area contributed by atoms with Crippen LogP contribution in [0.1, 0.15) is 20.3 Å². The molecule has 0 bridgehead atoms. The Balaban J connectivity index is 3.89. The lowest BCUT2D eigenvalue weighted by Crippen LogP contribution is -2.11. The average Bonchev–Trinajstić information content (AvgIpc) is 2.10. The van der Waals surface area contributed by atoms with Crippen LogP contribution in [0.2, 0.25) is 0 Å². The number of hydrogen-bond acceptors (Lipinski definition) is 1. The highest BCUT2D eigenvalue weighted by Gasteiger charge is 2.02. The maximum atomic E-state index is 4.02. The Morgan fingerprint density at radius 2 is 2.00 bits per heavy atom. The van der Waals surface area contributed by atoms with Gasteiger partial charge in [-0.3, -0.25) is 0 Å². The Hall–Kier alpha value is -0.820. The van der Waals surface area contributed by atoms with Gasteiger partial charge in [0.05, 0.1) is 0 Å². The largest absolute Gasteiger partial charge is 0.320 e. The van der Waals surface area contributed by atoms with E-state index in [0.717, 1.165) is 18.5 Å². The fourth-order valence-electron chi connectivity index (χ4n) is 0.960. The summed E-state index contributed by atoms with van der Waals surface area (Å²) in [6.07, 6.45) is 5.21.